The van der Waals surface area contributed by atoms with Crippen LogP contribution in [-0.4, -0.2) is 14.3 Å². The molecule has 0 radical (unpaired) electrons. The summed E-state index contributed by atoms with van der Waals surface area (Å²) in [6.45, 7) is 0.102. The summed E-state index contributed by atoms with van der Waals surface area (Å²) in [5.74, 6) is 0. The highest BCUT2D eigenvalue weighted by atomic mass is 19.4. The highest BCUT2D eigenvalue weighted by molar-refractivity contribution is 5.26. The molecule has 8 heteroatoms. The Morgan fingerprint density at radius 1 is 1.30 bits per heavy atom. The second-order valence-electron chi connectivity index (χ2n) is 4.43. The number of aryl methyl sites for hydroxylation is 1. The van der Waals surface area contributed by atoms with Crippen LogP contribution in [0.3, 0.4) is 0 Å². The quantitative estimate of drug-likeness (QED) is 0.925. The average molecular weight is 286 g/mol. The van der Waals surface area contributed by atoms with Crippen LogP contribution < -0.4 is 11.4 Å². The Hall–Kier alpha value is -2.09. The Labute approximate surface area is 112 Å². The molecule has 0 aliphatic carbocycles. The molecule has 0 fully saturated rings. The van der Waals surface area contributed by atoms with Crippen LogP contribution >= 0.6 is 0 Å². The maximum atomic E-state index is 12.4. The fourth-order valence-electron chi connectivity index (χ4n) is 1.76. The van der Waals surface area contributed by atoms with Crippen LogP contribution in [0.2, 0.25) is 0 Å². The van der Waals surface area contributed by atoms with Gasteiger partial charge < -0.3 is 5.73 Å². The molecule has 2 N–H and O–H groups in total. The molecule has 5 nitrogen and oxygen atoms in total. The molecule has 2 aromatic rings. The molecular formula is C12H13F3N4O. The van der Waals surface area contributed by atoms with Crippen LogP contribution in [0.4, 0.5) is 13.2 Å². The Bertz CT molecular complexity index is 642. The third-order valence-electron chi connectivity index (χ3n) is 2.92. The fraction of sp³-hybridized carbons (Fsp3) is 0.333. The van der Waals surface area contributed by atoms with Crippen molar-refractivity contribution in [1.82, 2.24) is 14.3 Å². The lowest BCUT2D eigenvalue weighted by atomic mass is 10.1. The molecule has 20 heavy (non-hydrogen) atoms. The van der Waals surface area contributed by atoms with Gasteiger partial charge in [0, 0.05) is 13.1 Å². The van der Waals surface area contributed by atoms with Gasteiger partial charge in [-0.3, -0.25) is 4.57 Å². The summed E-state index contributed by atoms with van der Waals surface area (Å²) in [5.41, 5.74) is 5.32. The number of rotatable bonds is 3. The van der Waals surface area contributed by atoms with Crippen molar-refractivity contribution in [3.63, 3.8) is 0 Å². The molecule has 108 valence electrons. The van der Waals surface area contributed by atoms with Crippen molar-refractivity contribution >= 4 is 0 Å². The van der Waals surface area contributed by atoms with Gasteiger partial charge in [0.05, 0.1) is 12.1 Å². The predicted octanol–water partition coefficient (Wildman–Crippen LogP) is 1.30. The molecule has 1 atom stereocenters. The van der Waals surface area contributed by atoms with Gasteiger partial charge in [0.1, 0.15) is 6.33 Å². The van der Waals surface area contributed by atoms with Crippen LogP contribution in [0.25, 0.3) is 0 Å². The average Bonchev–Trinajstić information content (AvgIpc) is 2.70. The molecule has 2 rings (SSSR count). The summed E-state index contributed by atoms with van der Waals surface area (Å²) in [5, 5.41) is 3.84. The topological polar surface area (TPSA) is 65.8 Å². The highest BCUT2D eigenvalue weighted by Gasteiger charge is 2.30. The first-order valence-electron chi connectivity index (χ1n) is 5.80. The lowest BCUT2D eigenvalue weighted by Crippen LogP contribution is -2.28. The van der Waals surface area contributed by atoms with Crippen LogP contribution in [0.1, 0.15) is 17.2 Å². The number of hydrogen-bond acceptors (Lipinski definition) is 3. The van der Waals surface area contributed by atoms with Crippen molar-refractivity contribution in [2.75, 3.05) is 0 Å². The standard InChI is InChI=1S/C12H13F3N4O/c1-18-7-17-19(11(18)20)6-10(16)8-2-4-9(5-3-8)12(13,14)15/h2-5,7,10H,6,16H2,1H3. The summed E-state index contributed by atoms with van der Waals surface area (Å²) in [6, 6.07) is 3.94. The zero-order chi connectivity index (χ0) is 14.9. The number of aromatic nitrogens is 3. The van der Waals surface area contributed by atoms with Gasteiger partial charge >= 0.3 is 11.9 Å². The number of nitrogens with zero attached hydrogens (tertiary/aromatic N) is 3. The van der Waals surface area contributed by atoms with E-state index in [1.165, 1.54) is 27.7 Å². The van der Waals surface area contributed by atoms with E-state index in [0.717, 1.165) is 12.1 Å². The molecule has 1 unspecified atom stereocenters. The Morgan fingerprint density at radius 2 is 1.90 bits per heavy atom. The molecule has 0 amide bonds. The zero-order valence-electron chi connectivity index (χ0n) is 10.6. The van der Waals surface area contributed by atoms with E-state index in [1.54, 1.807) is 7.05 Å². The van der Waals surface area contributed by atoms with Crippen molar-refractivity contribution in [1.29, 1.82) is 0 Å². The Kier molecular flexibility index (Phi) is 3.67. The number of alkyl halides is 3. The molecule has 0 saturated carbocycles. The van der Waals surface area contributed by atoms with E-state index < -0.39 is 17.8 Å². The van der Waals surface area contributed by atoms with Crippen molar-refractivity contribution in [2.45, 2.75) is 18.8 Å². The van der Waals surface area contributed by atoms with Crippen LogP contribution in [0, 0.1) is 0 Å². The van der Waals surface area contributed by atoms with Crippen LogP contribution in [-0.2, 0) is 19.8 Å². The summed E-state index contributed by atoms with van der Waals surface area (Å²) < 4.78 is 39.8. The molecule has 1 heterocycles. The summed E-state index contributed by atoms with van der Waals surface area (Å²) in [7, 11) is 1.55. The third-order valence-corrected chi connectivity index (χ3v) is 2.92. The van der Waals surface area contributed by atoms with Crippen LogP contribution in [0.5, 0.6) is 0 Å². The molecule has 0 bridgehead atoms. The van der Waals surface area contributed by atoms with E-state index >= 15 is 0 Å². The Morgan fingerprint density at radius 3 is 2.35 bits per heavy atom. The maximum Gasteiger partial charge on any atom is 0.416 e. The minimum Gasteiger partial charge on any atom is -0.322 e. The first kappa shape index (κ1) is 14.3. The van der Waals surface area contributed by atoms with Gasteiger partial charge in [-0.05, 0) is 17.7 Å². The largest absolute Gasteiger partial charge is 0.416 e. The van der Waals surface area contributed by atoms with Crippen molar-refractivity contribution < 1.29 is 13.2 Å². The fourth-order valence-corrected chi connectivity index (χ4v) is 1.76. The highest BCUT2D eigenvalue weighted by Crippen LogP contribution is 2.29. The predicted molar refractivity (Wildman–Crippen MR) is 65.8 cm³/mol. The molecular weight excluding hydrogens is 273 g/mol. The van der Waals surface area contributed by atoms with Crippen LogP contribution in [0.15, 0.2) is 35.4 Å². The van der Waals surface area contributed by atoms with Gasteiger partial charge in [0.15, 0.2) is 0 Å². The van der Waals surface area contributed by atoms with Gasteiger partial charge in [-0.25, -0.2) is 9.48 Å². The summed E-state index contributed by atoms with van der Waals surface area (Å²) >= 11 is 0. The summed E-state index contributed by atoms with van der Waals surface area (Å²) in [4.78, 5) is 11.6. The van der Waals surface area contributed by atoms with Crippen molar-refractivity contribution in [2.24, 2.45) is 12.8 Å². The first-order chi connectivity index (χ1) is 9.29. The van der Waals surface area contributed by atoms with Gasteiger partial charge in [-0.1, -0.05) is 12.1 Å². The van der Waals surface area contributed by atoms with E-state index in [-0.39, 0.29) is 12.2 Å². The first-order valence-corrected chi connectivity index (χ1v) is 5.80. The summed E-state index contributed by atoms with van der Waals surface area (Å²) in [6.07, 6.45) is -3.03. The van der Waals surface area contributed by atoms with E-state index in [9.17, 15) is 18.0 Å². The molecule has 1 aromatic heterocycles. The van der Waals surface area contributed by atoms with Gasteiger partial charge in [0.25, 0.3) is 0 Å². The van der Waals surface area contributed by atoms with Gasteiger partial charge in [-0.2, -0.15) is 18.3 Å². The number of hydrogen-bond donors (Lipinski definition) is 1. The molecule has 0 aliphatic heterocycles. The smallest absolute Gasteiger partial charge is 0.322 e. The second-order valence-corrected chi connectivity index (χ2v) is 4.43. The maximum absolute atomic E-state index is 12.4. The van der Waals surface area contributed by atoms with Gasteiger partial charge in [-0.15, -0.1) is 0 Å². The van der Waals surface area contributed by atoms with E-state index in [2.05, 4.69) is 5.10 Å². The molecule has 1 aromatic carbocycles. The third kappa shape index (κ3) is 2.90. The van der Waals surface area contributed by atoms with E-state index in [1.807, 2.05) is 0 Å². The van der Waals surface area contributed by atoms with E-state index in [0.29, 0.717) is 5.56 Å². The normalized spacial score (nSPS) is 13.4. The SMILES string of the molecule is Cn1cnn(CC(N)c2ccc(C(F)(F)F)cc2)c1=O. The lowest BCUT2D eigenvalue weighted by molar-refractivity contribution is -0.137. The van der Waals surface area contributed by atoms with Crippen molar-refractivity contribution in [3.8, 4) is 0 Å². The molecule has 0 aliphatic rings. The number of nitrogens with two attached hydrogens (primary N) is 1. The lowest BCUT2D eigenvalue weighted by Gasteiger charge is -2.13. The Balaban J connectivity index is 2.16. The molecule has 0 saturated heterocycles. The zero-order valence-corrected chi connectivity index (χ0v) is 10.6. The minimum atomic E-state index is -4.37. The van der Waals surface area contributed by atoms with E-state index in [4.69, 9.17) is 5.73 Å². The monoisotopic (exact) mass is 286 g/mol. The number of halogens is 3. The second kappa shape index (κ2) is 5.12. The molecule has 0 spiro atoms. The minimum absolute atomic E-state index is 0.102. The van der Waals surface area contributed by atoms with Crippen molar-refractivity contribution in [3.05, 3.63) is 52.2 Å². The number of benzene rings is 1. The van der Waals surface area contributed by atoms with Gasteiger partial charge in [0.2, 0.25) is 0 Å².